The lowest BCUT2D eigenvalue weighted by molar-refractivity contribution is 0.474. The smallest absolute Gasteiger partial charge is 0.147 e. The molecule has 0 saturated carbocycles. The Balaban J connectivity index is 1.54. The van der Waals surface area contributed by atoms with Crippen molar-refractivity contribution < 1.29 is 0 Å². The lowest BCUT2D eigenvalue weighted by Crippen LogP contribution is -2.36. The Morgan fingerprint density at radius 3 is 2.88 bits per heavy atom. The van der Waals surface area contributed by atoms with Crippen molar-refractivity contribution in [1.82, 2.24) is 19.5 Å². The van der Waals surface area contributed by atoms with E-state index in [1.54, 1.807) is 12.4 Å². The number of anilines is 1. The van der Waals surface area contributed by atoms with Crippen molar-refractivity contribution in [2.75, 3.05) is 18.0 Å². The third-order valence-electron chi connectivity index (χ3n) is 4.65. The Labute approximate surface area is 152 Å². The zero-order chi connectivity index (χ0) is 17.1. The molecule has 1 aliphatic heterocycles. The van der Waals surface area contributed by atoms with Gasteiger partial charge in [-0.05, 0) is 36.6 Å². The molecule has 4 heterocycles. The van der Waals surface area contributed by atoms with E-state index in [4.69, 9.17) is 11.6 Å². The second kappa shape index (κ2) is 7.23. The van der Waals surface area contributed by atoms with Gasteiger partial charge in [0, 0.05) is 50.0 Å². The average Bonchev–Trinajstić information content (AvgIpc) is 3.11. The summed E-state index contributed by atoms with van der Waals surface area (Å²) in [7, 11) is 0. The van der Waals surface area contributed by atoms with Crippen LogP contribution in [0, 0.1) is 0 Å². The van der Waals surface area contributed by atoms with Gasteiger partial charge in [-0.1, -0.05) is 17.7 Å². The van der Waals surface area contributed by atoms with E-state index in [-0.39, 0.29) is 0 Å². The molecular formula is C19H20ClN5. The van der Waals surface area contributed by atoms with Crippen LogP contribution in [0.2, 0.25) is 5.02 Å². The van der Waals surface area contributed by atoms with Crippen LogP contribution in [0.3, 0.4) is 0 Å². The first kappa shape index (κ1) is 16.1. The summed E-state index contributed by atoms with van der Waals surface area (Å²) in [5.41, 5.74) is 1.18. The topological polar surface area (TPSA) is 46.8 Å². The molecule has 1 atom stereocenters. The Hall–Kier alpha value is -2.40. The lowest BCUT2D eigenvalue weighted by Gasteiger charge is -2.33. The molecule has 3 aromatic rings. The Morgan fingerprint density at radius 1 is 1.12 bits per heavy atom. The van der Waals surface area contributed by atoms with Crippen LogP contribution in [0.15, 0.2) is 55.2 Å². The molecule has 5 nitrogen and oxygen atoms in total. The summed E-state index contributed by atoms with van der Waals surface area (Å²) >= 11 is 6.34. The first-order chi connectivity index (χ1) is 12.3. The molecular weight excluding hydrogens is 334 g/mol. The van der Waals surface area contributed by atoms with Gasteiger partial charge in [-0.2, -0.15) is 0 Å². The molecule has 1 saturated heterocycles. The zero-order valence-electron chi connectivity index (χ0n) is 13.9. The van der Waals surface area contributed by atoms with Gasteiger partial charge in [0.25, 0.3) is 0 Å². The molecule has 4 rings (SSSR count). The quantitative estimate of drug-likeness (QED) is 0.716. The largest absolute Gasteiger partial charge is 0.355 e. The molecule has 1 aliphatic rings. The van der Waals surface area contributed by atoms with E-state index in [1.165, 1.54) is 5.56 Å². The van der Waals surface area contributed by atoms with Gasteiger partial charge in [-0.25, -0.2) is 9.97 Å². The molecule has 6 heteroatoms. The number of nitrogens with zero attached hydrogens (tertiary/aromatic N) is 5. The summed E-state index contributed by atoms with van der Waals surface area (Å²) < 4.78 is 2.23. The van der Waals surface area contributed by atoms with Crippen LogP contribution in [-0.2, 0) is 6.54 Å². The Morgan fingerprint density at radius 2 is 2.04 bits per heavy atom. The molecule has 0 aromatic carbocycles. The number of halogens is 1. The van der Waals surface area contributed by atoms with Crippen molar-refractivity contribution in [3.63, 3.8) is 0 Å². The van der Waals surface area contributed by atoms with Crippen LogP contribution in [0.25, 0.3) is 0 Å². The van der Waals surface area contributed by atoms with E-state index in [0.717, 1.165) is 44.1 Å². The molecule has 0 N–H and O–H groups in total. The SMILES string of the molecule is Clc1cccnc1N1CCCC(c2nccn2Cc2cccnc2)C1. The summed E-state index contributed by atoms with van der Waals surface area (Å²) in [6.45, 7) is 2.67. The van der Waals surface area contributed by atoms with Gasteiger partial charge in [0.15, 0.2) is 0 Å². The van der Waals surface area contributed by atoms with E-state index in [0.29, 0.717) is 10.9 Å². The van der Waals surface area contributed by atoms with Gasteiger partial charge in [0.1, 0.15) is 11.6 Å². The summed E-state index contributed by atoms with van der Waals surface area (Å²) in [4.78, 5) is 15.6. The van der Waals surface area contributed by atoms with Crippen LogP contribution in [-0.4, -0.2) is 32.6 Å². The summed E-state index contributed by atoms with van der Waals surface area (Å²) in [6.07, 6.45) is 11.7. The number of hydrogen-bond acceptors (Lipinski definition) is 4. The average molecular weight is 354 g/mol. The highest BCUT2D eigenvalue weighted by molar-refractivity contribution is 6.32. The molecule has 1 unspecified atom stereocenters. The maximum absolute atomic E-state index is 6.34. The fourth-order valence-electron chi connectivity index (χ4n) is 3.49. The fraction of sp³-hybridized carbons (Fsp3) is 0.316. The van der Waals surface area contributed by atoms with Gasteiger partial charge < -0.3 is 9.47 Å². The predicted molar refractivity (Wildman–Crippen MR) is 99.0 cm³/mol. The van der Waals surface area contributed by atoms with E-state index in [2.05, 4.69) is 36.7 Å². The molecule has 3 aromatic heterocycles. The first-order valence-electron chi connectivity index (χ1n) is 8.56. The van der Waals surface area contributed by atoms with E-state index >= 15 is 0 Å². The van der Waals surface area contributed by atoms with Crippen molar-refractivity contribution in [1.29, 1.82) is 0 Å². The minimum absolute atomic E-state index is 0.374. The molecule has 25 heavy (non-hydrogen) atoms. The van der Waals surface area contributed by atoms with Crippen LogP contribution < -0.4 is 4.90 Å². The highest BCUT2D eigenvalue weighted by atomic mass is 35.5. The van der Waals surface area contributed by atoms with E-state index in [9.17, 15) is 0 Å². The lowest BCUT2D eigenvalue weighted by atomic mass is 9.97. The normalized spacial score (nSPS) is 17.6. The highest BCUT2D eigenvalue weighted by Gasteiger charge is 2.26. The molecule has 0 bridgehead atoms. The standard InChI is InChI=1S/C19H20ClN5/c20-17-6-2-8-22-19(17)24-10-3-5-16(14-24)18-23-9-11-25(18)13-15-4-1-7-21-12-15/h1-2,4,6-9,11-12,16H,3,5,10,13-14H2. The first-order valence-corrected chi connectivity index (χ1v) is 8.94. The summed E-state index contributed by atoms with van der Waals surface area (Å²) in [5, 5.41) is 0.710. The van der Waals surface area contributed by atoms with Crippen molar-refractivity contribution in [3.8, 4) is 0 Å². The number of piperidine rings is 1. The maximum atomic E-state index is 6.34. The number of rotatable bonds is 4. The Kier molecular flexibility index (Phi) is 4.65. The van der Waals surface area contributed by atoms with E-state index in [1.807, 2.05) is 30.6 Å². The number of hydrogen-bond donors (Lipinski definition) is 0. The van der Waals surface area contributed by atoms with Gasteiger partial charge in [0.05, 0.1) is 11.6 Å². The second-order valence-corrected chi connectivity index (χ2v) is 6.78. The van der Waals surface area contributed by atoms with Crippen LogP contribution in [0.4, 0.5) is 5.82 Å². The predicted octanol–water partition coefficient (Wildman–Crippen LogP) is 3.76. The summed E-state index contributed by atoms with van der Waals surface area (Å²) in [6, 6.07) is 7.83. The monoisotopic (exact) mass is 353 g/mol. The van der Waals surface area contributed by atoms with Crippen LogP contribution in [0.5, 0.6) is 0 Å². The molecule has 128 valence electrons. The minimum atomic E-state index is 0.374. The van der Waals surface area contributed by atoms with Crippen LogP contribution in [0.1, 0.15) is 30.1 Å². The highest BCUT2D eigenvalue weighted by Crippen LogP contribution is 2.31. The number of pyridine rings is 2. The minimum Gasteiger partial charge on any atom is -0.355 e. The van der Waals surface area contributed by atoms with Gasteiger partial charge >= 0.3 is 0 Å². The van der Waals surface area contributed by atoms with Crippen molar-refractivity contribution in [2.45, 2.75) is 25.3 Å². The third-order valence-corrected chi connectivity index (χ3v) is 4.94. The van der Waals surface area contributed by atoms with Crippen molar-refractivity contribution >= 4 is 17.4 Å². The van der Waals surface area contributed by atoms with Gasteiger partial charge in [0.2, 0.25) is 0 Å². The molecule has 0 amide bonds. The molecule has 1 fully saturated rings. The number of imidazole rings is 1. The zero-order valence-corrected chi connectivity index (χ0v) is 14.7. The molecule has 0 spiro atoms. The fourth-order valence-corrected chi connectivity index (χ4v) is 3.73. The van der Waals surface area contributed by atoms with Gasteiger partial charge in [-0.15, -0.1) is 0 Å². The molecule has 0 aliphatic carbocycles. The van der Waals surface area contributed by atoms with Crippen LogP contribution >= 0.6 is 11.6 Å². The number of aromatic nitrogens is 4. The second-order valence-electron chi connectivity index (χ2n) is 6.37. The van der Waals surface area contributed by atoms with Crippen molar-refractivity contribution in [3.05, 3.63) is 71.7 Å². The summed E-state index contributed by atoms with van der Waals surface area (Å²) in [5.74, 6) is 2.37. The Bertz CT molecular complexity index is 833. The molecule has 0 radical (unpaired) electrons. The van der Waals surface area contributed by atoms with E-state index < -0.39 is 0 Å². The van der Waals surface area contributed by atoms with Gasteiger partial charge in [-0.3, -0.25) is 4.98 Å². The third kappa shape index (κ3) is 3.51. The maximum Gasteiger partial charge on any atom is 0.147 e. The van der Waals surface area contributed by atoms with Crippen molar-refractivity contribution in [2.24, 2.45) is 0 Å².